The van der Waals surface area contributed by atoms with E-state index in [9.17, 15) is 15.0 Å². The van der Waals surface area contributed by atoms with Gasteiger partial charge in [0.25, 0.3) is 0 Å². The Morgan fingerprint density at radius 2 is 1.76 bits per heavy atom. The van der Waals surface area contributed by atoms with Crippen LogP contribution < -0.4 is 10.6 Å². The second-order valence-corrected chi connectivity index (χ2v) is 9.90. The maximum atomic E-state index is 12.7. The summed E-state index contributed by atoms with van der Waals surface area (Å²) in [5, 5.41) is 26.6. The molecule has 0 saturated carbocycles. The number of benzene rings is 3. The molecule has 34 heavy (non-hydrogen) atoms. The number of rotatable bonds is 9. The highest BCUT2D eigenvalue weighted by atomic mass is 16.3. The molecule has 1 aliphatic rings. The number of nitrogens with one attached hydrogen (secondary N) is 2. The van der Waals surface area contributed by atoms with Crippen molar-refractivity contribution >= 4 is 5.91 Å². The van der Waals surface area contributed by atoms with Crippen LogP contribution in [0.3, 0.4) is 0 Å². The summed E-state index contributed by atoms with van der Waals surface area (Å²) in [6.07, 6.45) is 2.44. The van der Waals surface area contributed by atoms with E-state index in [0.29, 0.717) is 13.0 Å². The first-order chi connectivity index (χ1) is 16.3. The lowest BCUT2D eigenvalue weighted by Crippen LogP contribution is -2.43. The molecule has 0 aromatic heterocycles. The Balaban J connectivity index is 1.31. The summed E-state index contributed by atoms with van der Waals surface area (Å²) in [6.45, 7) is 4.61. The van der Waals surface area contributed by atoms with Crippen LogP contribution in [0.15, 0.2) is 72.8 Å². The third-order valence-electron chi connectivity index (χ3n) is 6.52. The fourth-order valence-corrected chi connectivity index (χ4v) is 4.75. The average molecular weight is 459 g/mol. The molecule has 0 fully saturated rings. The number of aromatic hydroxyl groups is 1. The van der Waals surface area contributed by atoms with Crippen LogP contribution in [0.5, 0.6) is 5.75 Å². The Morgan fingerprint density at radius 1 is 1.03 bits per heavy atom. The fraction of sp³-hybridized carbons (Fsp3) is 0.345. The summed E-state index contributed by atoms with van der Waals surface area (Å²) in [5.41, 5.74) is 5.24. The first-order valence-electron chi connectivity index (χ1n) is 12.0. The van der Waals surface area contributed by atoms with Gasteiger partial charge in [0.05, 0.1) is 18.6 Å². The van der Waals surface area contributed by atoms with Crippen molar-refractivity contribution in [1.82, 2.24) is 10.6 Å². The SMILES string of the molecule is CC(C)(Cc1cccc(CC(=O)NC2CCc3ccccc32)c1)NCC(O)c1ccc(O)cc1. The number of aryl methyl sites for hydroxylation is 1. The molecule has 0 bridgehead atoms. The van der Waals surface area contributed by atoms with E-state index in [4.69, 9.17) is 0 Å². The van der Waals surface area contributed by atoms with Crippen molar-refractivity contribution < 1.29 is 15.0 Å². The zero-order valence-electron chi connectivity index (χ0n) is 19.9. The lowest BCUT2D eigenvalue weighted by atomic mass is 9.93. The zero-order chi connectivity index (χ0) is 24.1. The van der Waals surface area contributed by atoms with Crippen molar-refractivity contribution in [2.24, 2.45) is 0 Å². The van der Waals surface area contributed by atoms with Crippen molar-refractivity contribution in [1.29, 1.82) is 0 Å². The molecule has 2 unspecified atom stereocenters. The zero-order valence-corrected chi connectivity index (χ0v) is 19.9. The van der Waals surface area contributed by atoms with Crippen LogP contribution in [0, 0.1) is 0 Å². The quantitative estimate of drug-likeness (QED) is 0.384. The minimum Gasteiger partial charge on any atom is -0.508 e. The molecule has 178 valence electrons. The predicted octanol–water partition coefficient (Wildman–Crippen LogP) is 4.38. The highest BCUT2D eigenvalue weighted by Crippen LogP contribution is 2.30. The third kappa shape index (κ3) is 6.25. The molecule has 1 aliphatic carbocycles. The molecule has 0 aliphatic heterocycles. The molecule has 4 N–H and O–H groups in total. The highest BCUT2D eigenvalue weighted by molar-refractivity contribution is 5.79. The Hall–Kier alpha value is -3.15. The summed E-state index contributed by atoms with van der Waals surface area (Å²) in [6, 6.07) is 23.3. The minimum atomic E-state index is -0.657. The Bertz CT molecular complexity index is 1120. The van der Waals surface area contributed by atoms with E-state index in [-0.39, 0.29) is 23.2 Å². The number of aliphatic hydroxyl groups excluding tert-OH is 1. The van der Waals surface area contributed by atoms with E-state index in [2.05, 4.69) is 54.8 Å². The number of β-amino-alcohol motifs (C(OH)–C–C–N with tert-alkyl or cyclic N) is 1. The van der Waals surface area contributed by atoms with Crippen molar-refractivity contribution in [2.75, 3.05) is 6.54 Å². The molecule has 5 heteroatoms. The molecule has 0 radical (unpaired) electrons. The number of phenols is 1. The molecule has 3 aromatic carbocycles. The molecule has 3 aromatic rings. The van der Waals surface area contributed by atoms with Crippen LogP contribution in [0.4, 0.5) is 0 Å². The number of hydrogen-bond acceptors (Lipinski definition) is 4. The molecular weight excluding hydrogens is 424 g/mol. The van der Waals surface area contributed by atoms with Crippen molar-refractivity contribution in [3.05, 3.63) is 101 Å². The van der Waals surface area contributed by atoms with Gasteiger partial charge >= 0.3 is 0 Å². The summed E-state index contributed by atoms with van der Waals surface area (Å²) >= 11 is 0. The largest absolute Gasteiger partial charge is 0.508 e. The normalized spacial score (nSPS) is 16.1. The molecule has 5 nitrogen and oxygen atoms in total. The topological polar surface area (TPSA) is 81.6 Å². The molecule has 0 heterocycles. The first-order valence-corrected chi connectivity index (χ1v) is 12.0. The Morgan fingerprint density at radius 3 is 2.56 bits per heavy atom. The van der Waals surface area contributed by atoms with Gasteiger partial charge in [-0.05, 0) is 73.1 Å². The minimum absolute atomic E-state index is 0.0493. The van der Waals surface area contributed by atoms with Gasteiger partial charge in [-0.2, -0.15) is 0 Å². The van der Waals surface area contributed by atoms with Crippen LogP contribution in [0.25, 0.3) is 0 Å². The van der Waals surface area contributed by atoms with E-state index in [1.807, 2.05) is 18.2 Å². The van der Waals surface area contributed by atoms with Gasteiger partial charge in [-0.25, -0.2) is 0 Å². The number of phenolic OH excluding ortho intramolecular Hbond substituents is 1. The predicted molar refractivity (Wildman–Crippen MR) is 135 cm³/mol. The molecule has 4 rings (SSSR count). The summed E-state index contributed by atoms with van der Waals surface area (Å²) in [7, 11) is 0. The van der Waals surface area contributed by atoms with E-state index in [1.54, 1.807) is 24.3 Å². The average Bonchev–Trinajstić information content (AvgIpc) is 3.20. The lowest BCUT2D eigenvalue weighted by molar-refractivity contribution is -0.121. The van der Waals surface area contributed by atoms with Crippen LogP contribution in [-0.4, -0.2) is 28.2 Å². The van der Waals surface area contributed by atoms with Crippen LogP contribution in [0.2, 0.25) is 0 Å². The summed E-state index contributed by atoms with van der Waals surface area (Å²) < 4.78 is 0. The van der Waals surface area contributed by atoms with E-state index >= 15 is 0 Å². The van der Waals surface area contributed by atoms with Gasteiger partial charge in [-0.1, -0.05) is 60.7 Å². The monoisotopic (exact) mass is 458 g/mol. The molecule has 0 saturated heterocycles. The van der Waals surface area contributed by atoms with Crippen molar-refractivity contribution in [3.63, 3.8) is 0 Å². The van der Waals surface area contributed by atoms with E-state index < -0.39 is 6.10 Å². The van der Waals surface area contributed by atoms with Gasteiger partial charge in [0.15, 0.2) is 0 Å². The summed E-state index contributed by atoms with van der Waals surface area (Å²) in [5.74, 6) is 0.235. The molecule has 1 amide bonds. The number of carbonyl (C=O) groups is 1. The van der Waals surface area contributed by atoms with Gasteiger partial charge in [-0.15, -0.1) is 0 Å². The van der Waals surface area contributed by atoms with Gasteiger partial charge in [0.2, 0.25) is 5.91 Å². The third-order valence-corrected chi connectivity index (χ3v) is 6.52. The van der Waals surface area contributed by atoms with Gasteiger partial charge in [0.1, 0.15) is 5.75 Å². The number of aliphatic hydroxyl groups is 1. The fourth-order valence-electron chi connectivity index (χ4n) is 4.75. The number of amides is 1. The van der Waals surface area contributed by atoms with E-state index in [1.165, 1.54) is 11.1 Å². The smallest absolute Gasteiger partial charge is 0.224 e. The maximum absolute atomic E-state index is 12.7. The number of fused-ring (bicyclic) bond motifs is 1. The highest BCUT2D eigenvalue weighted by Gasteiger charge is 2.24. The Kier molecular flexibility index (Phi) is 7.35. The Labute approximate surface area is 201 Å². The molecule has 0 spiro atoms. The van der Waals surface area contributed by atoms with Crippen molar-refractivity contribution in [3.8, 4) is 5.75 Å². The first kappa shape index (κ1) is 24.0. The molecule has 2 atom stereocenters. The standard InChI is InChI=1S/C29H34N2O3/c1-29(2,30-19-27(33)23-10-13-24(32)14-11-23)18-21-7-5-6-20(16-21)17-28(34)31-26-15-12-22-8-3-4-9-25(22)26/h3-11,13-14,16,26-27,30,32-33H,12,15,17-19H2,1-2H3,(H,31,34). The van der Waals surface area contributed by atoms with Gasteiger partial charge < -0.3 is 20.8 Å². The second kappa shape index (κ2) is 10.4. The van der Waals surface area contributed by atoms with E-state index in [0.717, 1.165) is 36.0 Å². The van der Waals surface area contributed by atoms with Crippen LogP contribution in [-0.2, 0) is 24.1 Å². The summed E-state index contributed by atoms with van der Waals surface area (Å²) in [4.78, 5) is 12.7. The second-order valence-electron chi connectivity index (χ2n) is 9.90. The van der Waals surface area contributed by atoms with Gasteiger partial charge in [-0.3, -0.25) is 4.79 Å². The van der Waals surface area contributed by atoms with Crippen LogP contribution >= 0.6 is 0 Å². The lowest BCUT2D eigenvalue weighted by Gasteiger charge is -2.28. The number of hydrogen-bond donors (Lipinski definition) is 4. The van der Waals surface area contributed by atoms with Gasteiger partial charge in [0, 0.05) is 12.1 Å². The van der Waals surface area contributed by atoms with Crippen molar-refractivity contribution in [2.45, 2.75) is 57.2 Å². The maximum Gasteiger partial charge on any atom is 0.224 e. The number of carbonyl (C=O) groups excluding carboxylic acids is 1. The molecular formula is C29H34N2O3. The van der Waals surface area contributed by atoms with Crippen LogP contribution in [0.1, 0.15) is 60.2 Å².